The Kier molecular flexibility index (Phi) is 8.33. The first kappa shape index (κ1) is 28.0. The van der Waals surface area contributed by atoms with Crippen LogP contribution >= 0.6 is 0 Å². The van der Waals surface area contributed by atoms with E-state index in [0.717, 1.165) is 14.1 Å². The molecule has 0 bridgehead atoms. The van der Waals surface area contributed by atoms with Gasteiger partial charge in [-0.25, -0.2) is 0 Å². The van der Waals surface area contributed by atoms with E-state index in [-0.39, 0.29) is 0 Å². The van der Waals surface area contributed by atoms with Gasteiger partial charge in [-0.05, 0) is 33.6 Å². The predicted molar refractivity (Wildman–Crippen MR) is 73.7 cm³/mol. The van der Waals surface area contributed by atoms with Gasteiger partial charge in [-0.3, -0.25) is 0 Å². The predicted octanol–water partition coefficient (Wildman–Crippen LogP) is 2.95. The molecule has 16 heteroatoms. The molecule has 29 heavy (non-hydrogen) atoms. The maximum atomic E-state index is 12.6. The lowest BCUT2D eigenvalue weighted by Gasteiger charge is -2.36. The van der Waals surface area contributed by atoms with Crippen molar-refractivity contribution in [3.05, 3.63) is 0 Å². The van der Waals surface area contributed by atoms with Crippen molar-refractivity contribution >= 4 is 0 Å². The quantitative estimate of drug-likeness (QED) is 0.545. The monoisotopic (exact) mass is 462 g/mol. The van der Waals surface area contributed by atoms with Gasteiger partial charge in [-0.15, -0.1) is 0 Å². The molecule has 0 saturated heterocycles. The standard InChI is InChI=1S/C13H18F12N2O2/c1-26(6-8(28,10(14,15)16)11(17,18)19)4-3-5-27(2)7-9(29,12(20,21)22)13(23,24)25/h28-29H,3-7H2,1-2H3. The maximum Gasteiger partial charge on any atom is 0.427 e. The van der Waals surface area contributed by atoms with Crippen molar-refractivity contribution < 1.29 is 62.9 Å². The van der Waals surface area contributed by atoms with Gasteiger partial charge >= 0.3 is 24.7 Å². The van der Waals surface area contributed by atoms with Gasteiger partial charge in [0.2, 0.25) is 0 Å². The molecule has 0 aliphatic carbocycles. The van der Waals surface area contributed by atoms with Crippen LogP contribution in [0.2, 0.25) is 0 Å². The van der Waals surface area contributed by atoms with Crippen LogP contribution in [-0.4, -0.2) is 96.2 Å². The van der Waals surface area contributed by atoms with Crippen LogP contribution in [0.3, 0.4) is 0 Å². The Morgan fingerprint density at radius 2 is 0.724 bits per heavy atom. The van der Waals surface area contributed by atoms with E-state index in [1.54, 1.807) is 0 Å². The average molecular weight is 462 g/mol. The van der Waals surface area contributed by atoms with E-state index in [9.17, 15) is 52.7 Å². The summed E-state index contributed by atoms with van der Waals surface area (Å²) in [7, 11) is 1.48. The molecule has 0 aliphatic heterocycles. The first-order valence-corrected chi connectivity index (χ1v) is 7.58. The van der Waals surface area contributed by atoms with Crippen molar-refractivity contribution in [2.24, 2.45) is 0 Å². The van der Waals surface area contributed by atoms with Gasteiger partial charge in [0.05, 0.1) is 0 Å². The second kappa shape index (κ2) is 8.63. The van der Waals surface area contributed by atoms with E-state index in [0.29, 0.717) is 9.80 Å². The Morgan fingerprint density at radius 1 is 0.517 bits per heavy atom. The zero-order valence-electron chi connectivity index (χ0n) is 14.9. The summed E-state index contributed by atoms with van der Waals surface area (Å²) in [6.07, 6.45) is -24.8. The van der Waals surface area contributed by atoms with E-state index < -0.39 is 68.5 Å². The van der Waals surface area contributed by atoms with Crippen LogP contribution < -0.4 is 0 Å². The number of halogens is 12. The third-order valence-electron chi connectivity index (χ3n) is 3.95. The summed E-state index contributed by atoms with van der Waals surface area (Å²) in [6, 6.07) is 0. The molecule has 0 atom stereocenters. The maximum absolute atomic E-state index is 12.6. The van der Waals surface area contributed by atoms with Crippen LogP contribution in [0.5, 0.6) is 0 Å². The van der Waals surface area contributed by atoms with Gasteiger partial charge in [-0.2, -0.15) is 52.7 Å². The molecule has 0 aromatic heterocycles. The van der Waals surface area contributed by atoms with Crippen LogP contribution in [-0.2, 0) is 0 Å². The van der Waals surface area contributed by atoms with Gasteiger partial charge in [0.25, 0.3) is 11.2 Å². The average Bonchev–Trinajstić information content (AvgIpc) is 2.41. The molecule has 0 aliphatic rings. The molecule has 0 unspecified atom stereocenters. The van der Waals surface area contributed by atoms with Crippen LogP contribution in [0.1, 0.15) is 6.42 Å². The second-order valence-electron chi connectivity index (χ2n) is 6.54. The molecule has 0 heterocycles. The van der Waals surface area contributed by atoms with E-state index >= 15 is 0 Å². The molecule has 0 rings (SSSR count). The lowest BCUT2D eigenvalue weighted by Crippen LogP contribution is -2.63. The first-order valence-electron chi connectivity index (χ1n) is 7.58. The van der Waals surface area contributed by atoms with Crippen LogP contribution in [0.25, 0.3) is 0 Å². The van der Waals surface area contributed by atoms with E-state index in [1.165, 1.54) is 0 Å². The highest BCUT2D eigenvalue weighted by molar-refractivity contribution is 4.97. The zero-order valence-corrected chi connectivity index (χ0v) is 14.9. The Balaban J connectivity index is 4.96. The normalized spacial score (nSPS) is 15.5. The minimum Gasteiger partial charge on any atom is -0.373 e. The number of hydrogen-bond donors (Lipinski definition) is 2. The van der Waals surface area contributed by atoms with Crippen molar-refractivity contribution in [3.8, 4) is 0 Å². The summed E-state index contributed by atoms with van der Waals surface area (Å²) in [6.45, 7) is -5.21. The Labute approximate surface area is 156 Å². The molecule has 176 valence electrons. The van der Waals surface area contributed by atoms with Crippen molar-refractivity contribution in [1.29, 1.82) is 0 Å². The topological polar surface area (TPSA) is 46.9 Å². The van der Waals surface area contributed by atoms with Crippen LogP contribution in [0.4, 0.5) is 52.7 Å². The summed E-state index contributed by atoms with van der Waals surface area (Å²) < 4.78 is 151. The molecule has 0 aromatic carbocycles. The lowest BCUT2D eigenvalue weighted by molar-refractivity contribution is -0.370. The number of likely N-dealkylation sites (N-methyl/N-ethyl adjacent to an activating group) is 2. The summed E-state index contributed by atoms with van der Waals surface area (Å²) in [5.74, 6) is 0. The number of rotatable bonds is 8. The van der Waals surface area contributed by atoms with Crippen LogP contribution in [0.15, 0.2) is 0 Å². The first-order chi connectivity index (χ1) is 12.5. The molecular weight excluding hydrogens is 444 g/mol. The molecule has 0 radical (unpaired) electrons. The number of hydrogen-bond acceptors (Lipinski definition) is 4. The molecule has 4 nitrogen and oxygen atoms in total. The third kappa shape index (κ3) is 6.49. The summed E-state index contributed by atoms with van der Waals surface area (Å²) in [4.78, 5) is 0.739. The molecule has 0 saturated carbocycles. The highest BCUT2D eigenvalue weighted by Gasteiger charge is 2.71. The largest absolute Gasteiger partial charge is 0.427 e. The molecule has 2 N–H and O–H groups in total. The van der Waals surface area contributed by atoms with E-state index in [4.69, 9.17) is 10.2 Å². The Morgan fingerprint density at radius 3 is 0.897 bits per heavy atom. The van der Waals surface area contributed by atoms with Crippen molar-refractivity contribution in [2.75, 3.05) is 40.3 Å². The summed E-state index contributed by atoms with van der Waals surface area (Å²) in [5.41, 5.74) is -10.2. The molecule has 0 fully saturated rings. The minimum absolute atomic E-state index is 0.370. The Bertz CT molecular complexity index is 452. The molecule has 0 spiro atoms. The van der Waals surface area contributed by atoms with E-state index in [1.807, 2.05) is 0 Å². The number of aliphatic hydroxyl groups is 2. The highest BCUT2D eigenvalue weighted by atomic mass is 19.4. The zero-order chi connectivity index (χ0) is 23.7. The fourth-order valence-corrected chi connectivity index (χ4v) is 2.23. The number of alkyl halides is 12. The van der Waals surface area contributed by atoms with Crippen molar-refractivity contribution in [3.63, 3.8) is 0 Å². The molecule has 0 amide bonds. The van der Waals surface area contributed by atoms with Gasteiger partial charge in [0.1, 0.15) is 0 Å². The fourth-order valence-electron chi connectivity index (χ4n) is 2.23. The highest BCUT2D eigenvalue weighted by Crippen LogP contribution is 2.44. The number of nitrogens with zero attached hydrogens (tertiary/aromatic N) is 2. The summed E-state index contributed by atoms with van der Waals surface area (Å²) >= 11 is 0. The van der Waals surface area contributed by atoms with Gasteiger partial charge < -0.3 is 20.0 Å². The molecule has 0 aromatic rings. The van der Waals surface area contributed by atoms with Gasteiger partial charge in [0.15, 0.2) is 0 Å². The minimum atomic E-state index is -6.08. The smallest absolute Gasteiger partial charge is 0.373 e. The summed E-state index contributed by atoms with van der Waals surface area (Å²) in [5, 5.41) is 18.0. The van der Waals surface area contributed by atoms with Crippen molar-refractivity contribution in [2.45, 2.75) is 42.3 Å². The SMILES string of the molecule is CN(CCCN(C)CC(O)(C(F)(F)F)C(F)(F)F)CC(O)(C(F)(F)F)C(F)(F)F. The van der Waals surface area contributed by atoms with Crippen LogP contribution in [0, 0.1) is 0 Å². The second-order valence-corrected chi connectivity index (χ2v) is 6.54. The van der Waals surface area contributed by atoms with E-state index in [2.05, 4.69) is 0 Å². The lowest BCUT2D eigenvalue weighted by atomic mass is 10.0. The van der Waals surface area contributed by atoms with Gasteiger partial charge in [-0.1, -0.05) is 0 Å². The molecular formula is C13H18F12N2O2. The third-order valence-corrected chi connectivity index (χ3v) is 3.95. The van der Waals surface area contributed by atoms with Gasteiger partial charge in [0, 0.05) is 13.1 Å². The Hall–Kier alpha value is -1.00. The van der Waals surface area contributed by atoms with Crippen molar-refractivity contribution in [1.82, 2.24) is 9.80 Å². The fraction of sp³-hybridized carbons (Fsp3) is 1.00.